The van der Waals surface area contributed by atoms with E-state index in [1.807, 2.05) is 25.1 Å². The Morgan fingerprint density at radius 2 is 1.90 bits per heavy atom. The van der Waals surface area contributed by atoms with Crippen LogP contribution in [-0.2, 0) is 9.59 Å². The van der Waals surface area contributed by atoms with Gasteiger partial charge in [-0.15, -0.1) is 0 Å². The van der Waals surface area contributed by atoms with Crippen LogP contribution in [0, 0.1) is 18.8 Å². The first-order valence-corrected chi connectivity index (χ1v) is 7.58. The molecule has 1 amide bonds. The third kappa shape index (κ3) is 3.39. The molecule has 2 N–H and O–H groups in total. The second-order valence-electron chi connectivity index (χ2n) is 5.31. The van der Waals surface area contributed by atoms with Crippen LogP contribution in [0.3, 0.4) is 0 Å². The van der Waals surface area contributed by atoms with Gasteiger partial charge in [0, 0.05) is 4.47 Å². The molecular formula is C15H18BrNO3. The molecule has 1 aliphatic carbocycles. The molecule has 0 unspecified atom stereocenters. The normalized spacial score (nSPS) is 22.3. The smallest absolute Gasteiger partial charge is 0.307 e. The lowest BCUT2D eigenvalue weighted by molar-refractivity contribution is -0.147. The average Bonchev–Trinajstić information content (AvgIpc) is 2.41. The van der Waals surface area contributed by atoms with Gasteiger partial charge >= 0.3 is 5.97 Å². The molecule has 0 radical (unpaired) electrons. The van der Waals surface area contributed by atoms with Gasteiger partial charge in [0.25, 0.3) is 0 Å². The fraction of sp³-hybridized carbons (Fsp3) is 0.467. The van der Waals surface area contributed by atoms with E-state index in [1.54, 1.807) is 0 Å². The highest BCUT2D eigenvalue weighted by Crippen LogP contribution is 2.32. The maximum Gasteiger partial charge on any atom is 0.307 e. The summed E-state index contributed by atoms with van der Waals surface area (Å²) in [5.74, 6) is -2.06. The molecule has 1 fully saturated rings. The number of anilines is 1. The minimum absolute atomic E-state index is 0.193. The summed E-state index contributed by atoms with van der Waals surface area (Å²) in [5, 5.41) is 12.1. The third-order valence-electron chi connectivity index (χ3n) is 3.80. The Hall–Kier alpha value is -1.36. The van der Waals surface area contributed by atoms with Gasteiger partial charge in [-0.2, -0.15) is 0 Å². The monoisotopic (exact) mass is 339 g/mol. The fourth-order valence-electron chi connectivity index (χ4n) is 2.69. The number of hydrogen-bond donors (Lipinski definition) is 2. The van der Waals surface area contributed by atoms with Crippen LogP contribution in [0.4, 0.5) is 5.69 Å². The van der Waals surface area contributed by atoms with Crippen molar-refractivity contribution in [1.29, 1.82) is 0 Å². The molecule has 0 aliphatic heterocycles. The molecule has 2 atom stereocenters. The predicted octanol–water partition coefficient (Wildman–Crippen LogP) is 3.59. The number of amides is 1. The lowest BCUT2D eigenvalue weighted by Gasteiger charge is -2.27. The van der Waals surface area contributed by atoms with Gasteiger partial charge in [-0.25, -0.2) is 0 Å². The van der Waals surface area contributed by atoms with Gasteiger partial charge in [0.15, 0.2) is 0 Å². The second kappa shape index (κ2) is 6.39. The summed E-state index contributed by atoms with van der Waals surface area (Å²) in [6.07, 6.45) is 3.03. The van der Waals surface area contributed by atoms with Crippen molar-refractivity contribution < 1.29 is 14.7 Å². The van der Waals surface area contributed by atoms with Crippen molar-refractivity contribution in [3.8, 4) is 0 Å². The number of aryl methyl sites for hydroxylation is 1. The molecule has 20 heavy (non-hydrogen) atoms. The molecule has 2 rings (SSSR count). The Labute approximate surface area is 126 Å². The lowest BCUT2D eigenvalue weighted by atomic mass is 9.78. The summed E-state index contributed by atoms with van der Waals surface area (Å²) in [7, 11) is 0. The molecule has 0 saturated heterocycles. The van der Waals surface area contributed by atoms with E-state index < -0.39 is 17.8 Å². The van der Waals surface area contributed by atoms with Crippen LogP contribution in [0.5, 0.6) is 0 Å². The van der Waals surface area contributed by atoms with E-state index in [9.17, 15) is 14.7 Å². The SMILES string of the molecule is Cc1ccc(NC(=O)[C@H]2CCCC[C@@H]2C(=O)O)c(Br)c1. The quantitative estimate of drug-likeness (QED) is 0.884. The number of rotatable bonds is 3. The average molecular weight is 340 g/mol. The lowest BCUT2D eigenvalue weighted by Crippen LogP contribution is -2.36. The highest BCUT2D eigenvalue weighted by Gasteiger charge is 2.35. The van der Waals surface area contributed by atoms with Crippen molar-refractivity contribution in [3.63, 3.8) is 0 Å². The summed E-state index contributed by atoms with van der Waals surface area (Å²) in [5.41, 5.74) is 1.78. The minimum Gasteiger partial charge on any atom is -0.481 e. The molecule has 0 aromatic heterocycles. The molecule has 1 aromatic carbocycles. The Bertz CT molecular complexity index is 530. The standard InChI is InChI=1S/C15H18BrNO3/c1-9-6-7-13(12(16)8-9)17-14(18)10-4-2-3-5-11(10)15(19)20/h6-8,10-11H,2-5H2,1H3,(H,17,18)(H,19,20)/t10-,11-/m0/s1. The number of carboxylic acid groups (broad SMARTS) is 1. The predicted molar refractivity (Wildman–Crippen MR) is 80.6 cm³/mol. The van der Waals surface area contributed by atoms with E-state index >= 15 is 0 Å². The summed E-state index contributed by atoms with van der Waals surface area (Å²) >= 11 is 3.41. The van der Waals surface area contributed by atoms with Crippen molar-refractivity contribution in [2.75, 3.05) is 5.32 Å². The van der Waals surface area contributed by atoms with Gasteiger partial charge < -0.3 is 10.4 Å². The number of benzene rings is 1. The Morgan fingerprint density at radius 1 is 1.25 bits per heavy atom. The molecule has 4 nitrogen and oxygen atoms in total. The first-order chi connectivity index (χ1) is 9.49. The first kappa shape index (κ1) is 15.0. The summed E-state index contributed by atoms with van der Waals surface area (Å²) < 4.78 is 0.813. The maximum atomic E-state index is 12.3. The Morgan fingerprint density at radius 3 is 2.50 bits per heavy atom. The highest BCUT2D eigenvalue weighted by molar-refractivity contribution is 9.10. The largest absolute Gasteiger partial charge is 0.481 e. The second-order valence-corrected chi connectivity index (χ2v) is 6.16. The molecular weight excluding hydrogens is 322 g/mol. The molecule has 0 heterocycles. The molecule has 0 spiro atoms. The molecule has 0 bridgehead atoms. The number of aliphatic carboxylic acids is 1. The van der Waals surface area contributed by atoms with E-state index in [0.29, 0.717) is 18.5 Å². The van der Waals surface area contributed by atoms with Crippen molar-refractivity contribution in [1.82, 2.24) is 0 Å². The zero-order chi connectivity index (χ0) is 14.7. The highest BCUT2D eigenvalue weighted by atomic mass is 79.9. The van der Waals surface area contributed by atoms with Crippen LogP contribution in [0.2, 0.25) is 0 Å². The van der Waals surface area contributed by atoms with E-state index in [4.69, 9.17) is 0 Å². The zero-order valence-electron chi connectivity index (χ0n) is 11.4. The van der Waals surface area contributed by atoms with Gasteiger partial charge in [-0.05, 0) is 53.4 Å². The van der Waals surface area contributed by atoms with Crippen LogP contribution < -0.4 is 5.32 Å². The Kier molecular flexibility index (Phi) is 4.81. The molecule has 1 aliphatic rings. The van der Waals surface area contributed by atoms with Crippen molar-refractivity contribution in [2.24, 2.45) is 11.8 Å². The van der Waals surface area contributed by atoms with Crippen LogP contribution in [0.25, 0.3) is 0 Å². The van der Waals surface area contributed by atoms with E-state index in [1.165, 1.54) is 0 Å². The van der Waals surface area contributed by atoms with Crippen LogP contribution in [-0.4, -0.2) is 17.0 Å². The zero-order valence-corrected chi connectivity index (χ0v) is 12.9. The molecule has 5 heteroatoms. The maximum absolute atomic E-state index is 12.3. The van der Waals surface area contributed by atoms with Gasteiger partial charge in [-0.3, -0.25) is 9.59 Å². The number of nitrogens with one attached hydrogen (secondary N) is 1. The van der Waals surface area contributed by atoms with Crippen molar-refractivity contribution >= 4 is 33.5 Å². The Balaban J connectivity index is 2.12. The first-order valence-electron chi connectivity index (χ1n) is 6.79. The number of halogens is 1. The van der Waals surface area contributed by atoms with Gasteiger partial charge in [0.2, 0.25) is 5.91 Å². The minimum atomic E-state index is -0.868. The molecule has 1 aromatic rings. The molecule has 1 saturated carbocycles. The van der Waals surface area contributed by atoms with Gasteiger partial charge in [-0.1, -0.05) is 18.9 Å². The van der Waals surface area contributed by atoms with Crippen LogP contribution in [0.1, 0.15) is 31.2 Å². The van der Waals surface area contributed by atoms with Gasteiger partial charge in [0.1, 0.15) is 0 Å². The number of hydrogen-bond acceptors (Lipinski definition) is 2. The van der Waals surface area contributed by atoms with Gasteiger partial charge in [0.05, 0.1) is 17.5 Å². The fourth-order valence-corrected chi connectivity index (χ4v) is 3.28. The van der Waals surface area contributed by atoms with Crippen molar-refractivity contribution in [3.05, 3.63) is 28.2 Å². The van der Waals surface area contributed by atoms with E-state index in [0.717, 1.165) is 22.9 Å². The third-order valence-corrected chi connectivity index (χ3v) is 4.46. The topological polar surface area (TPSA) is 66.4 Å². The van der Waals surface area contributed by atoms with Crippen LogP contribution in [0.15, 0.2) is 22.7 Å². The van der Waals surface area contributed by atoms with Crippen molar-refractivity contribution in [2.45, 2.75) is 32.6 Å². The number of carbonyl (C=O) groups is 2. The van der Waals surface area contributed by atoms with Crippen LogP contribution >= 0.6 is 15.9 Å². The molecule has 108 valence electrons. The number of carbonyl (C=O) groups excluding carboxylic acids is 1. The van der Waals surface area contributed by atoms with E-state index in [2.05, 4.69) is 21.2 Å². The summed E-state index contributed by atoms with van der Waals surface area (Å²) in [4.78, 5) is 23.6. The summed E-state index contributed by atoms with van der Waals surface area (Å²) in [6.45, 7) is 1.97. The van der Waals surface area contributed by atoms with E-state index in [-0.39, 0.29) is 5.91 Å². The number of carboxylic acids is 1. The summed E-state index contributed by atoms with van der Waals surface area (Å²) in [6, 6.07) is 5.66.